The molecule has 1 aliphatic carbocycles. The Morgan fingerprint density at radius 1 is 1.42 bits per heavy atom. The van der Waals surface area contributed by atoms with E-state index in [-0.39, 0.29) is 19.1 Å². The third kappa shape index (κ3) is 3.39. The van der Waals surface area contributed by atoms with Crippen molar-refractivity contribution in [2.45, 2.75) is 38.3 Å². The zero-order chi connectivity index (χ0) is 13.8. The molecule has 19 heavy (non-hydrogen) atoms. The normalized spacial score (nSPS) is 15.7. The van der Waals surface area contributed by atoms with Gasteiger partial charge in [0.2, 0.25) is 5.91 Å². The molecule has 0 heterocycles. The van der Waals surface area contributed by atoms with Gasteiger partial charge in [-0.1, -0.05) is 30.5 Å². The van der Waals surface area contributed by atoms with Crippen LogP contribution in [0.1, 0.15) is 31.2 Å². The Balaban J connectivity index is 2.26. The maximum atomic E-state index is 11.3. The van der Waals surface area contributed by atoms with E-state index in [1.54, 1.807) is 12.1 Å². The van der Waals surface area contributed by atoms with Gasteiger partial charge in [0.25, 0.3) is 0 Å². The minimum absolute atomic E-state index is 0.0850. The van der Waals surface area contributed by atoms with Gasteiger partial charge in [0.1, 0.15) is 0 Å². The minimum Gasteiger partial charge on any atom is -0.392 e. The molecule has 0 unspecified atom stereocenters. The summed E-state index contributed by atoms with van der Waals surface area (Å²) in [4.78, 5) is 13.3. The summed E-state index contributed by atoms with van der Waals surface area (Å²) in [5.41, 5.74) is 6.93. The lowest BCUT2D eigenvalue weighted by molar-refractivity contribution is -0.116. The molecule has 104 valence electrons. The van der Waals surface area contributed by atoms with Crippen LogP contribution in [0.4, 0.5) is 5.69 Å². The van der Waals surface area contributed by atoms with Gasteiger partial charge in [0.05, 0.1) is 13.2 Å². The fourth-order valence-corrected chi connectivity index (χ4v) is 2.89. The van der Waals surface area contributed by atoms with Gasteiger partial charge in [-0.15, -0.1) is 0 Å². The first kappa shape index (κ1) is 14.2. The van der Waals surface area contributed by atoms with Crippen LogP contribution < -0.4 is 10.6 Å². The van der Waals surface area contributed by atoms with Crippen molar-refractivity contribution >= 4 is 23.2 Å². The molecule has 1 aliphatic rings. The molecule has 0 aliphatic heterocycles. The fourth-order valence-electron chi connectivity index (χ4n) is 2.66. The first-order valence-electron chi connectivity index (χ1n) is 6.56. The Morgan fingerprint density at radius 2 is 2.11 bits per heavy atom. The summed E-state index contributed by atoms with van der Waals surface area (Å²) in [5.74, 6) is -0.339. The van der Waals surface area contributed by atoms with E-state index in [1.165, 1.54) is 12.8 Å². The summed E-state index contributed by atoms with van der Waals surface area (Å²) >= 11 is 6.11. The molecule has 0 spiro atoms. The molecular weight excluding hydrogens is 264 g/mol. The number of carbonyl (C=O) groups is 1. The second kappa shape index (κ2) is 6.26. The Labute approximate surface area is 118 Å². The molecule has 3 N–H and O–H groups in total. The van der Waals surface area contributed by atoms with E-state index in [0.29, 0.717) is 16.6 Å². The molecule has 0 bridgehead atoms. The van der Waals surface area contributed by atoms with Gasteiger partial charge >= 0.3 is 0 Å². The number of nitrogens with zero attached hydrogens (tertiary/aromatic N) is 1. The first-order valence-corrected chi connectivity index (χ1v) is 6.94. The van der Waals surface area contributed by atoms with Gasteiger partial charge in [-0.2, -0.15) is 0 Å². The average molecular weight is 283 g/mol. The van der Waals surface area contributed by atoms with Crippen molar-refractivity contribution in [1.82, 2.24) is 0 Å². The van der Waals surface area contributed by atoms with Crippen LogP contribution in [0, 0.1) is 0 Å². The van der Waals surface area contributed by atoms with Crippen LogP contribution in [0.5, 0.6) is 0 Å². The Kier molecular flexibility index (Phi) is 4.66. The van der Waals surface area contributed by atoms with E-state index < -0.39 is 0 Å². The topological polar surface area (TPSA) is 66.6 Å². The lowest BCUT2D eigenvalue weighted by atomic mass is 10.1. The molecule has 1 aromatic carbocycles. The number of anilines is 1. The maximum absolute atomic E-state index is 11.3. The lowest BCUT2D eigenvalue weighted by Gasteiger charge is -2.30. The number of carbonyl (C=O) groups excluding carboxylic acids is 1. The standard InChI is InChI=1S/C14H19ClN2O2/c15-13-7-12(6-5-10(13)9-18)17(8-14(16)19)11-3-1-2-4-11/h5-7,11,18H,1-4,8-9H2,(H2,16,19). The van der Waals surface area contributed by atoms with Crippen LogP contribution >= 0.6 is 11.6 Å². The van der Waals surface area contributed by atoms with Crippen molar-refractivity contribution in [3.8, 4) is 0 Å². The van der Waals surface area contributed by atoms with E-state index >= 15 is 0 Å². The second-order valence-electron chi connectivity index (χ2n) is 4.97. The van der Waals surface area contributed by atoms with Crippen LogP contribution in [-0.2, 0) is 11.4 Å². The van der Waals surface area contributed by atoms with Gasteiger partial charge in [0, 0.05) is 16.8 Å². The van der Waals surface area contributed by atoms with E-state index in [9.17, 15) is 4.79 Å². The maximum Gasteiger partial charge on any atom is 0.236 e. The molecule has 2 rings (SSSR count). The van der Waals surface area contributed by atoms with Gasteiger partial charge in [-0.3, -0.25) is 4.79 Å². The number of aliphatic hydroxyl groups is 1. The second-order valence-corrected chi connectivity index (χ2v) is 5.37. The largest absolute Gasteiger partial charge is 0.392 e. The highest BCUT2D eigenvalue weighted by molar-refractivity contribution is 6.31. The van der Waals surface area contributed by atoms with E-state index in [2.05, 4.69) is 0 Å². The highest BCUT2D eigenvalue weighted by atomic mass is 35.5. The molecule has 5 heteroatoms. The van der Waals surface area contributed by atoms with Gasteiger partial charge in [-0.05, 0) is 30.5 Å². The number of rotatable bonds is 5. The summed E-state index contributed by atoms with van der Waals surface area (Å²) in [6.45, 7) is 0.123. The number of primary amides is 1. The zero-order valence-electron chi connectivity index (χ0n) is 10.8. The van der Waals surface area contributed by atoms with Gasteiger partial charge in [0.15, 0.2) is 0 Å². The highest BCUT2D eigenvalue weighted by Crippen LogP contribution is 2.30. The minimum atomic E-state index is -0.339. The third-order valence-corrected chi connectivity index (χ3v) is 3.98. The molecule has 1 aromatic rings. The number of aliphatic hydroxyl groups excluding tert-OH is 1. The summed E-state index contributed by atoms with van der Waals surface area (Å²) in [5, 5.41) is 9.65. The molecule has 0 saturated heterocycles. The number of nitrogens with two attached hydrogens (primary N) is 1. The van der Waals surface area contributed by atoms with Crippen LogP contribution in [0.25, 0.3) is 0 Å². The van der Waals surface area contributed by atoms with E-state index in [4.69, 9.17) is 22.4 Å². The van der Waals surface area contributed by atoms with E-state index in [1.807, 2.05) is 11.0 Å². The molecule has 0 atom stereocenters. The Hall–Kier alpha value is -1.26. The SMILES string of the molecule is NC(=O)CN(c1ccc(CO)c(Cl)c1)C1CCCC1. The van der Waals surface area contributed by atoms with Crippen LogP contribution in [0.15, 0.2) is 18.2 Å². The fraction of sp³-hybridized carbons (Fsp3) is 0.500. The molecule has 0 aromatic heterocycles. The molecular formula is C14H19ClN2O2. The monoisotopic (exact) mass is 282 g/mol. The van der Waals surface area contributed by atoms with Crippen molar-refractivity contribution < 1.29 is 9.90 Å². The van der Waals surface area contributed by atoms with E-state index in [0.717, 1.165) is 18.5 Å². The van der Waals surface area contributed by atoms with Crippen LogP contribution in [0.2, 0.25) is 5.02 Å². The predicted octanol–water partition coefficient (Wildman–Crippen LogP) is 2.07. The number of hydrogen-bond acceptors (Lipinski definition) is 3. The zero-order valence-corrected chi connectivity index (χ0v) is 11.6. The number of hydrogen-bond donors (Lipinski definition) is 2. The first-order chi connectivity index (χ1) is 9.11. The molecule has 1 amide bonds. The third-order valence-electron chi connectivity index (χ3n) is 3.63. The van der Waals surface area contributed by atoms with Gasteiger partial charge in [-0.25, -0.2) is 0 Å². The average Bonchev–Trinajstić information content (AvgIpc) is 2.89. The Bertz CT molecular complexity index is 459. The van der Waals surface area contributed by atoms with Gasteiger partial charge < -0.3 is 15.7 Å². The summed E-state index contributed by atoms with van der Waals surface area (Å²) in [6.07, 6.45) is 4.52. The summed E-state index contributed by atoms with van der Waals surface area (Å²) < 4.78 is 0. The molecule has 0 radical (unpaired) electrons. The van der Waals surface area contributed by atoms with Crippen molar-refractivity contribution in [1.29, 1.82) is 0 Å². The smallest absolute Gasteiger partial charge is 0.236 e. The number of amides is 1. The number of benzene rings is 1. The summed E-state index contributed by atoms with van der Waals surface area (Å²) in [7, 11) is 0. The number of halogens is 1. The Morgan fingerprint density at radius 3 is 2.63 bits per heavy atom. The highest BCUT2D eigenvalue weighted by Gasteiger charge is 2.24. The molecule has 1 fully saturated rings. The quantitative estimate of drug-likeness (QED) is 0.869. The van der Waals surface area contributed by atoms with Crippen molar-refractivity contribution in [3.63, 3.8) is 0 Å². The predicted molar refractivity (Wildman–Crippen MR) is 76.2 cm³/mol. The van der Waals surface area contributed by atoms with Crippen molar-refractivity contribution in [3.05, 3.63) is 28.8 Å². The lowest BCUT2D eigenvalue weighted by Crippen LogP contribution is -2.40. The van der Waals surface area contributed by atoms with Crippen molar-refractivity contribution in [2.24, 2.45) is 5.73 Å². The summed E-state index contributed by atoms with van der Waals surface area (Å²) in [6, 6.07) is 5.83. The molecule has 4 nitrogen and oxygen atoms in total. The van der Waals surface area contributed by atoms with Crippen LogP contribution in [0.3, 0.4) is 0 Å². The van der Waals surface area contributed by atoms with Crippen molar-refractivity contribution in [2.75, 3.05) is 11.4 Å². The molecule has 1 saturated carbocycles. The van der Waals surface area contributed by atoms with Crippen LogP contribution in [-0.4, -0.2) is 23.6 Å².